The van der Waals surface area contributed by atoms with Crippen molar-refractivity contribution >= 4 is 21.8 Å². The van der Waals surface area contributed by atoms with Crippen LogP contribution in [0.3, 0.4) is 0 Å². The molecule has 4 rings (SSSR count). The molecule has 0 spiro atoms. The number of H-pyrrole nitrogens is 1. The van der Waals surface area contributed by atoms with Crippen molar-refractivity contribution in [3.05, 3.63) is 58.3 Å². The highest BCUT2D eigenvalue weighted by Crippen LogP contribution is 2.19. The van der Waals surface area contributed by atoms with Gasteiger partial charge in [0.15, 0.2) is 5.43 Å². The molecule has 0 aliphatic carbocycles. The van der Waals surface area contributed by atoms with Gasteiger partial charge in [0.05, 0.1) is 58.4 Å². The van der Waals surface area contributed by atoms with Gasteiger partial charge in [-0.1, -0.05) is 24.3 Å². The fourth-order valence-electron chi connectivity index (χ4n) is 3.80. The third-order valence-electron chi connectivity index (χ3n) is 5.44. The molecule has 0 atom stereocenters. The van der Waals surface area contributed by atoms with Crippen molar-refractivity contribution in [1.29, 1.82) is 0 Å². The SMILES string of the molecule is O=c1c2ccccc2[nH]c2c(CN3CCOCCOCCOCCOCC3)cccc12. The van der Waals surface area contributed by atoms with Gasteiger partial charge in [0, 0.05) is 35.9 Å². The van der Waals surface area contributed by atoms with E-state index < -0.39 is 0 Å². The monoisotopic (exact) mass is 426 g/mol. The molecule has 0 amide bonds. The number of ether oxygens (including phenoxy) is 4. The van der Waals surface area contributed by atoms with Crippen LogP contribution in [0.25, 0.3) is 21.8 Å². The summed E-state index contributed by atoms with van der Waals surface area (Å²) >= 11 is 0. The van der Waals surface area contributed by atoms with E-state index in [1.807, 2.05) is 36.4 Å². The quantitative estimate of drug-likeness (QED) is 0.635. The molecule has 0 saturated carbocycles. The number of nitrogens with one attached hydrogen (secondary N) is 1. The van der Waals surface area contributed by atoms with Gasteiger partial charge in [0.1, 0.15) is 0 Å². The molecule has 2 heterocycles. The summed E-state index contributed by atoms with van der Waals surface area (Å²) in [6.07, 6.45) is 0. The average Bonchev–Trinajstić information content (AvgIpc) is 2.80. The maximum atomic E-state index is 13.0. The summed E-state index contributed by atoms with van der Waals surface area (Å²) in [7, 11) is 0. The highest BCUT2D eigenvalue weighted by atomic mass is 16.6. The van der Waals surface area contributed by atoms with Crippen LogP contribution in [-0.4, -0.2) is 75.8 Å². The molecule has 1 aliphatic heterocycles. The van der Waals surface area contributed by atoms with Gasteiger partial charge in [0.25, 0.3) is 0 Å². The molecule has 0 unspecified atom stereocenters. The summed E-state index contributed by atoms with van der Waals surface area (Å²) < 4.78 is 22.4. The van der Waals surface area contributed by atoms with E-state index in [1.165, 1.54) is 0 Å². The minimum atomic E-state index is 0.0648. The Hall–Kier alpha value is -2.29. The van der Waals surface area contributed by atoms with E-state index in [-0.39, 0.29) is 5.43 Å². The Bertz CT molecular complexity index is 1020. The minimum Gasteiger partial charge on any atom is -0.378 e. The molecule has 1 saturated heterocycles. The molecule has 166 valence electrons. The molecule has 7 nitrogen and oxygen atoms in total. The van der Waals surface area contributed by atoms with Gasteiger partial charge in [-0.2, -0.15) is 0 Å². The van der Waals surface area contributed by atoms with E-state index in [0.717, 1.165) is 35.1 Å². The number of hydrogen-bond donors (Lipinski definition) is 1. The summed E-state index contributed by atoms with van der Waals surface area (Å²) in [6.45, 7) is 6.89. The highest BCUT2D eigenvalue weighted by molar-refractivity contribution is 5.93. The van der Waals surface area contributed by atoms with Gasteiger partial charge < -0.3 is 23.9 Å². The minimum absolute atomic E-state index is 0.0648. The lowest BCUT2D eigenvalue weighted by molar-refractivity contribution is 0.00206. The molecule has 31 heavy (non-hydrogen) atoms. The van der Waals surface area contributed by atoms with Crippen molar-refractivity contribution in [2.45, 2.75) is 6.54 Å². The Morgan fingerprint density at radius 2 is 1.29 bits per heavy atom. The van der Waals surface area contributed by atoms with E-state index in [9.17, 15) is 4.79 Å². The molecule has 2 aromatic carbocycles. The number of hydrogen-bond acceptors (Lipinski definition) is 6. The Morgan fingerprint density at radius 1 is 0.710 bits per heavy atom. The summed E-state index contributed by atoms with van der Waals surface area (Å²) in [5, 5.41) is 1.43. The van der Waals surface area contributed by atoms with Crippen molar-refractivity contribution in [3.63, 3.8) is 0 Å². The Balaban J connectivity index is 1.52. The molecular formula is C24H30N2O5. The summed E-state index contributed by atoms with van der Waals surface area (Å²) in [4.78, 5) is 18.8. The van der Waals surface area contributed by atoms with Crippen LogP contribution in [0.15, 0.2) is 47.3 Å². The molecule has 1 fully saturated rings. The number of pyridine rings is 1. The van der Waals surface area contributed by atoms with Crippen LogP contribution in [0.2, 0.25) is 0 Å². The molecule has 1 aliphatic rings. The zero-order valence-electron chi connectivity index (χ0n) is 17.8. The van der Waals surface area contributed by atoms with E-state index in [4.69, 9.17) is 18.9 Å². The van der Waals surface area contributed by atoms with Gasteiger partial charge in [-0.15, -0.1) is 0 Å². The third-order valence-corrected chi connectivity index (χ3v) is 5.44. The normalized spacial score (nSPS) is 18.6. The molecule has 7 heteroatoms. The highest BCUT2D eigenvalue weighted by Gasteiger charge is 2.12. The fraction of sp³-hybridized carbons (Fsp3) is 0.458. The van der Waals surface area contributed by atoms with Crippen LogP contribution in [0.1, 0.15) is 5.56 Å². The Morgan fingerprint density at radius 3 is 1.97 bits per heavy atom. The number of benzene rings is 2. The topological polar surface area (TPSA) is 73.0 Å². The molecule has 1 N–H and O–H groups in total. The zero-order valence-corrected chi connectivity index (χ0v) is 17.8. The number of aromatic nitrogens is 1. The maximum absolute atomic E-state index is 13.0. The van der Waals surface area contributed by atoms with Gasteiger partial charge >= 0.3 is 0 Å². The second kappa shape index (κ2) is 11.4. The predicted molar refractivity (Wildman–Crippen MR) is 121 cm³/mol. The largest absolute Gasteiger partial charge is 0.378 e. The fourth-order valence-corrected chi connectivity index (χ4v) is 3.80. The molecule has 0 bridgehead atoms. The van der Waals surface area contributed by atoms with Crippen molar-refractivity contribution < 1.29 is 18.9 Å². The lowest BCUT2D eigenvalue weighted by Crippen LogP contribution is -2.31. The first-order chi connectivity index (χ1) is 15.3. The molecule has 1 aromatic heterocycles. The van der Waals surface area contributed by atoms with Crippen LogP contribution in [0.5, 0.6) is 0 Å². The van der Waals surface area contributed by atoms with Crippen LogP contribution >= 0.6 is 0 Å². The van der Waals surface area contributed by atoms with Gasteiger partial charge in [-0.25, -0.2) is 0 Å². The zero-order chi connectivity index (χ0) is 21.3. The Kier molecular flexibility index (Phi) is 8.04. The van der Waals surface area contributed by atoms with E-state index >= 15 is 0 Å². The second-order valence-corrected chi connectivity index (χ2v) is 7.57. The number of nitrogens with zero attached hydrogens (tertiary/aromatic N) is 1. The lowest BCUT2D eigenvalue weighted by Gasteiger charge is -2.23. The number of aromatic amines is 1. The first kappa shape index (κ1) is 21.9. The molecule has 3 aromatic rings. The first-order valence-corrected chi connectivity index (χ1v) is 10.9. The van der Waals surface area contributed by atoms with Crippen molar-refractivity contribution in [2.75, 3.05) is 65.9 Å². The standard InChI is InChI=1S/C24H30N2O5/c27-24-20-5-1-2-7-22(20)25-23-19(4-3-6-21(23)24)18-26-8-10-28-12-14-30-16-17-31-15-13-29-11-9-26/h1-7H,8-18H2,(H,25,27). The number of para-hydroxylation sites is 2. The van der Waals surface area contributed by atoms with E-state index in [1.54, 1.807) is 0 Å². The molecular weight excluding hydrogens is 396 g/mol. The van der Waals surface area contributed by atoms with E-state index in [2.05, 4.69) is 16.0 Å². The first-order valence-electron chi connectivity index (χ1n) is 10.9. The van der Waals surface area contributed by atoms with Crippen molar-refractivity contribution in [2.24, 2.45) is 0 Å². The van der Waals surface area contributed by atoms with Gasteiger partial charge in [-0.3, -0.25) is 9.69 Å². The van der Waals surface area contributed by atoms with Crippen LogP contribution in [0, 0.1) is 0 Å². The smallest absolute Gasteiger partial charge is 0.197 e. The summed E-state index contributed by atoms with van der Waals surface area (Å²) in [5.41, 5.74) is 2.90. The second-order valence-electron chi connectivity index (χ2n) is 7.57. The van der Waals surface area contributed by atoms with Gasteiger partial charge in [-0.05, 0) is 23.8 Å². The van der Waals surface area contributed by atoms with Crippen LogP contribution in [-0.2, 0) is 25.5 Å². The van der Waals surface area contributed by atoms with E-state index in [0.29, 0.717) is 64.8 Å². The van der Waals surface area contributed by atoms with Crippen molar-refractivity contribution in [1.82, 2.24) is 9.88 Å². The van der Waals surface area contributed by atoms with Gasteiger partial charge in [0.2, 0.25) is 0 Å². The van der Waals surface area contributed by atoms with Crippen LogP contribution in [0.4, 0.5) is 0 Å². The predicted octanol–water partition coefficient (Wildman–Crippen LogP) is 2.56. The number of fused-ring (bicyclic) bond motifs is 2. The van der Waals surface area contributed by atoms with Crippen molar-refractivity contribution in [3.8, 4) is 0 Å². The summed E-state index contributed by atoms with van der Waals surface area (Å²) in [6, 6.07) is 13.6. The summed E-state index contributed by atoms with van der Waals surface area (Å²) in [5.74, 6) is 0. The number of rotatable bonds is 2. The van der Waals surface area contributed by atoms with Crippen LogP contribution < -0.4 is 5.43 Å². The lowest BCUT2D eigenvalue weighted by atomic mass is 10.1. The third kappa shape index (κ3) is 5.90. The average molecular weight is 427 g/mol. The Labute approximate surface area is 181 Å². The maximum Gasteiger partial charge on any atom is 0.197 e. The molecule has 0 radical (unpaired) electrons.